The normalized spacial score (nSPS) is 13.0. The summed E-state index contributed by atoms with van der Waals surface area (Å²) in [4.78, 5) is 4.12. The predicted octanol–water partition coefficient (Wildman–Crippen LogP) is 1.73. The molecule has 0 amide bonds. The molecule has 80 valence electrons. The topological polar surface area (TPSA) is 61.3 Å². The van der Waals surface area contributed by atoms with E-state index in [9.17, 15) is 0 Å². The fraction of sp³-hybridized carbons (Fsp3) is 0.364. The van der Waals surface area contributed by atoms with Crippen LogP contribution in [0, 0.1) is 0 Å². The third-order valence-corrected chi connectivity index (χ3v) is 2.28. The van der Waals surface area contributed by atoms with Crippen molar-refractivity contribution in [2.45, 2.75) is 19.4 Å². The minimum atomic E-state index is 0.100. The van der Waals surface area contributed by atoms with E-state index in [2.05, 4.69) is 4.98 Å². The quantitative estimate of drug-likeness (QED) is 0.830. The Morgan fingerprint density at radius 2 is 2.33 bits per heavy atom. The summed E-state index contributed by atoms with van der Waals surface area (Å²) in [5.41, 5.74) is 8.33. The SMILES string of the molecule is COc1c(CC(C)N)ccc2ocnc12. The van der Waals surface area contributed by atoms with Gasteiger partial charge in [-0.25, -0.2) is 4.98 Å². The molecule has 0 aliphatic heterocycles. The number of fused-ring (bicyclic) bond motifs is 1. The molecule has 2 rings (SSSR count). The Morgan fingerprint density at radius 1 is 1.53 bits per heavy atom. The molecule has 2 aromatic rings. The van der Waals surface area contributed by atoms with Gasteiger partial charge in [-0.3, -0.25) is 0 Å². The molecule has 4 heteroatoms. The number of nitrogens with two attached hydrogens (primary N) is 1. The van der Waals surface area contributed by atoms with Gasteiger partial charge in [-0.2, -0.15) is 0 Å². The van der Waals surface area contributed by atoms with E-state index in [0.29, 0.717) is 0 Å². The molecule has 1 unspecified atom stereocenters. The van der Waals surface area contributed by atoms with Crippen molar-refractivity contribution in [3.63, 3.8) is 0 Å². The maximum atomic E-state index is 5.77. The van der Waals surface area contributed by atoms with Crippen LogP contribution in [0.5, 0.6) is 5.75 Å². The number of hydrogen-bond acceptors (Lipinski definition) is 4. The highest BCUT2D eigenvalue weighted by atomic mass is 16.5. The van der Waals surface area contributed by atoms with Crippen LogP contribution in [0.25, 0.3) is 11.1 Å². The summed E-state index contributed by atoms with van der Waals surface area (Å²) in [7, 11) is 1.63. The zero-order valence-corrected chi connectivity index (χ0v) is 8.86. The third-order valence-electron chi connectivity index (χ3n) is 2.28. The summed E-state index contributed by atoms with van der Waals surface area (Å²) >= 11 is 0. The second-order valence-electron chi connectivity index (χ2n) is 3.64. The number of ether oxygens (including phenoxy) is 1. The molecule has 0 bridgehead atoms. The maximum Gasteiger partial charge on any atom is 0.182 e. The largest absolute Gasteiger partial charge is 0.494 e. The van der Waals surface area contributed by atoms with Crippen molar-refractivity contribution in [3.8, 4) is 5.75 Å². The Morgan fingerprint density at radius 3 is 3.00 bits per heavy atom. The van der Waals surface area contributed by atoms with E-state index in [1.807, 2.05) is 19.1 Å². The first-order valence-electron chi connectivity index (χ1n) is 4.87. The van der Waals surface area contributed by atoms with Crippen molar-refractivity contribution in [3.05, 3.63) is 24.1 Å². The number of benzene rings is 1. The van der Waals surface area contributed by atoms with Gasteiger partial charge in [0.1, 0.15) is 0 Å². The van der Waals surface area contributed by atoms with Gasteiger partial charge in [0.2, 0.25) is 0 Å². The van der Waals surface area contributed by atoms with Crippen LogP contribution >= 0.6 is 0 Å². The van der Waals surface area contributed by atoms with Crippen LogP contribution in [0.2, 0.25) is 0 Å². The first kappa shape index (κ1) is 9.98. The van der Waals surface area contributed by atoms with Gasteiger partial charge in [-0.05, 0) is 25.0 Å². The van der Waals surface area contributed by atoms with E-state index < -0.39 is 0 Å². The van der Waals surface area contributed by atoms with Gasteiger partial charge < -0.3 is 14.9 Å². The van der Waals surface area contributed by atoms with E-state index in [4.69, 9.17) is 14.9 Å². The highest BCUT2D eigenvalue weighted by Crippen LogP contribution is 2.29. The summed E-state index contributed by atoms with van der Waals surface area (Å²) < 4.78 is 10.5. The summed E-state index contributed by atoms with van der Waals surface area (Å²) in [6.45, 7) is 1.96. The lowest BCUT2D eigenvalue weighted by molar-refractivity contribution is 0.412. The number of oxazole rings is 1. The fourth-order valence-electron chi connectivity index (χ4n) is 1.68. The van der Waals surface area contributed by atoms with Crippen molar-refractivity contribution in [2.24, 2.45) is 5.73 Å². The van der Waals surface area contributed by atoms with Crippen LogP contribution in [-0.4, -0.2) is 18.1 Å². The molecule has 0 fully saturated rings. The minimum absolute atomic E-state index is 0.100. The van der Waals surface area contributed by atoms with Crippen molar-refractivity contribution < 1.29 is 9.15 Å². The minimum Gasteiger partial charge on any atom is -0.494 e. The molecule has 2 N–H and O–H groups in total. The van der Waals surface area contributed by atoms with Gasteiger partial charge in [0.05, 0.1) is 7.11 Å². The smallest absolute Gasteiger partial charge is 0.182 e. The van der Waals surface area contributed by atoms with E-state index in [0.717, 1.165) is 28.8 Å². The lowest BCUT2D eigenvalue weighted by atomic mass is 10.1. The summed E-state index contributed by atoms with van der Waals surface area (Å²) in [6, 6.07) is 3.96. The van der Waals surface area contributed by atoms with Crippen molar-refractivity contribution in [1.82, 2.24) is 4.98 Å². The Balaban J connectivity index is 2.53. The van der Waals surface area contributed by atoms with Crippen molar-refractivity contribution in [1.29, 1.82) is 0 Å². The standard InChI is InChI=1S/C11H14N2O2/c1-7(12)5-8-3-4-9-10(11(8)14-2)13-6-15-9/h3-4,6-7H,5,12H2,1-2H3. The molecule has 0 spiro atoms. The molecule has 0 radical (unpaired) electrons. The first-order valence-corrected chi connectivity index (χ1v) is 4.87. The van der Waals surface area contributed by atoms with Crippen LogP contribution in [0.1, 0.15) is 12.5 Å². The molecule has 15 heavy (non-hydrogen) atoms. The van der Waals surface area contributed by atoms with Gasteiger partial charge in [0.15, 0.2) is 23.2 Å². The molecule has 1 heterocycles. The summed E-state index contributed by atoms with van der Waals surface area (Å²) in [5, 5.41) is 0. The highest BCUT2D eigenvalue weighted by Gasteiger charge is 2.12. The van der Waals surface area contributed by atoms with Gasteiger partial charge in [-0.1, -0.05) is 6.07 Å². The molecule has 0 aliphatic carbocycles. The van der Waals surface area contributed by atoms with E-state index >= 15 is 0 Å². The van der Waals surface area contributed by atoms with Crippen molar-refractivity contribution in [2.75, 3.05) is 7.11 Å². The number of aromatic nitrogens is 1. The zero-order chi connectivity index (χ0) is 10.8. The van der Waals surface area contributed by atoms with Crippen LogP contribution < -0.4 is 10.5 Å². The second kappa shape index (κ2) is 3.90. The van der Waals surface area contributed by atoms with Crippen LogP contribution in [0.3, 0.4) is 0 Å². The summed E-state index contributed by atoms with van der Waals surface area (Å²) in [5.74, 6) is 0.763. The van der Waals surface area contributed by atoms with Crippen molar-refractivity contribution >= 4 is 11.1 Å². The Labute approximate surface area is 88.0 Å². The monoisotopic (exact) mass is 206 g/mol. The fourth-order valence-corrected chi connectivity index (χ4v) is 1.68. The average molecular weight is 206 g/mol. The third kappa shape index (κ3) is 1.80. The maximum absolute atomic E-state index is 5.77. The highest BCUT2D eigenvalue weighted by molar-refractivity contribution is 5.81. The molecule has 1 aromatic heterocycles. The molecule has 1 aromatic carbocycles. The molecule has 4 nitrogen and oxygen atoms in total. The Kier molecular flexibility index (Phi) is 2.60. The predicted molar refractivity (Wildman–Crippen MR) is 57.9 cm³/mol. The first-order chi connectivity index (χ1) is 7.22. The van der Waals surface area contributed by atoms with Crippen LogP contribution in [0.4, 0.5) is 0 Å². The zero-order valence-electron chi connectivity index (χ0n) is 8.86. The second-order valence-corrected chi connectivity index (χ2v) is 3.64. The Bertz CT molecular complexity index is 463. The average Bonchev–Trinajstić information content (AvgIpc) is 2.64. The molecule has 0 saturated heterocycles. The lowest BCUT2D eigenvalue weighted by Crippen LogP contribution is -2.18. The summed E-state index contributed by atoms with van der Waals surface area (Å²) in [6.07, 6.45) is 2.19. The molecule has 0 saturated carbocycles. The molecule has 0 aliphatic rings. The molecular formula is C11H14N2O2. The lowest BCUT2D eigenvalue weighted by Gasteiger charge is -2.10. The Hall–Kier alpha value is -1.55. The van der Waals surface area contributed by atoms with Gasteiger partial charge in [0, 0.05) is 6.04 Å². The number of nitrogens with zero attached hydrogens (tertiary/aromatic N) is 1. The number of rotatable bonds is 3. The van der Waals surface area contributed by atoms with Crippen LogP contribution in [0.15, 0.2) is 22.9 Å². The van der Waals surface area contributed by atoms with Gasteiger partial charge in [-0.15, -0.1) is 0 Å². The molecule has 1 atom stereocenters. The van der Waals surface area contributed by atoms with Crippen LogP contribution in [-0.2, 0) is 6.42 Å². The van der Waals surface area contributed by atoms with Gasteiger partial charge in [0.25, 0.3) is 0 Å². The molecular weight excluding hydrogens is 192 g/mol. The van der Waals surface area contributed by atoms with Gasteiger partial charge >= 0.3 is 0 Å². The number of methoxy groups -OCH3 is 1. The van der Waals surface area contributed by atoms with E-state index in [-0.39, 0.29) is 6.04 Å². The van der Waals surface area contributed by atoms with E-state index in [1.54, 1.807) is 7.11 Å². The van der Waals surface area contributed by atoms with E-state index in [1.165, 1.54) is 6.39 Å². The number of hydrogen-bond donors (Lipinski definition) is 1.